The van der Waals surface area contributed by atoms with E-state index in [1.807, 2.05) is 0 Å². The predicted octanol–water partition coefficient (Wildman–Crippen LogP) is 0.393. The van der Waals surface area contributed by atoms with E-state index in [0.717, 1.165) is 0 Å². The van der Waals surface area contributed by atoms with Gasteiger partial charge in [-0.15, -0.1) is 0 Å². The Kier molecular flexibility index (Phi) is 20.9. The molecule has 0 aliphatic heterocycles. The van der Waals surface area contributed by atoms with Crippen molar-refractivity contribution < 1.29 is 10.2 Å². The number of rotatable bonds is 0. The summed E-state index contributed by atoms with van der Waals surface area (Å²) in [5.74, 6) is 0. The lowest BCUT2D eigenvalue weighted by Crippen LogP contribution is -1.85. The Morgan fingerprint density at radius 1 is 0.778 bits per heavy atom. The van der Waals surface area contributed by atoms with Crippen molar-refractivity contribution in [3.8, 4) is 0 Å². The summed E-state index contributed by atoms with van der Waals surface area (Å²) in [5.41, 5.74) is 0. The third-order valence-corrected chi connectivity index (χ3v) is 0. The van der Waals surface area contributed by atoms with E-state index in [0.29, 0.717) is 0 Å². The van der Waals surface area contributed by atoms with Crippen LogP contribution in [0, 0.1) is 0 Å². The van der Waals surface area contributed by atoms with Gasteiger partial charge in [0.15, 0.2) is 0 Å². The van der Waals surface area contributed by atoms with Gasteiger partial charge in [-0.05, 0) is 27.7 Å². The lowest BCUT2D eigenvalue weighted by Gasteiger charge is -1.80. The van der Waals surface area contributed by atoms with E-state index in [4.69, 9.17) is 10.2 Å². The third-order valence-electron chi connectivity index (χ3n) is 0. The fraction of sp³-hybridized carbons (Fsp3) is 1.00. The smallest absolute Gasteiger partial charge is 0.0483 e. The highest BCUT2D eigenvalue weighted by atomic mass is 24.3. The van der Waals surface area contributed by atoms with Crippen LogP contribution in [0.15, 0.2) is 0 Å². The van der Waals surface area contributed by atoms with Crippen molar-refractivity contribution in [1.82, 2.24) is 0 Å². The number of hydrogen-bond acceptors (Lipinski definition) is 2. The maximum atomic E-state index is 8.06. The minimum Gasteiger partial charge on any atom is -0.394 e. The second kappa shape index (κ2) is 11.5. The molecule has 0 aromatic carbocycles. The van der Waals surface area contributed by atoms with Gasteiger partial charge in [0.25, 0.3) is 0 Å². The molecule has 0 aromatic heterocycles. The predicted molar refractivity (Wildman–Crippen MR) is 40.5 cm³/mol. The molecule has 3 heteroatoms. The summed E-state index contributed by atoms with van der Waals surface area (Å²) in [4.78, 5) is 0. The van der Waals surface area contributed by atoms with Gasteiger partial charge in [-0.1, -0.05) is 0 Å². The van der Waals surface area contributed by atoms with Gasteiger partial charge in [0.2, 0.25) is 0 Å². The van der Waals surface area contributed by atoms with E-state index in [2.05, 4.69) is 0 Å². The molecule has 0 saturated heterocycles. The molecule has 0 saturated carbocycles. The summed E-state index contributed by atoms with van der Waals surface area (Å²) in [7, 11) is 0. The van der Waals surface area contributed by atoms with Crippen molar-refractivity contribution in [2.45, 2.75) is 39.9 Å². The molecule has 0 rings (SSSR count). The minimum absolute atomic E-state index is 0. The summed E-state index contributed by atoms with van der Waals surface area (Å²) >= 11 is 0. The average molecular weight is 144 g/mol. The van der Waals surface area contributed by atoms with E-state index in [1.54, 1.807) is 27.7 Å². The Morgan fingerprint density at radius 3 is 0.778 bits per heavy atom. The Labute approximate surface area is 73.4 Å². The Morgan fingerprint density at radius 2 is 0.778 bits per heavy atom. The van der Waals surface area contributed by atoms with Gasteiger partial charge in [-0.25, -0.2) is 0 Å². The maximum absolute atomic E-state index is 8.06. The molecule has 0 unspecified atom stereocenters. The maximum Gasteiger partial charge on any atom is 0.0483 e. The minimum atomic E-state index is -0.167. The number of aliphatic hydroxyl groups excluding tert-OH is 2. The zero-order chi connectivity index (χ0) is 7.15. The topological polar surface area (TPSA) is 40.5 Å². The Bertz CT molecular complexity index is 26.5. The van der Waals surface area contributed by atoms with E-state index in [1.165, 1.54) is 0 Å². The molecule has 0 aliphatic carbocycles. The summed E-state index contributed by atoms with van der Waals surface area (Å²) in [5, 5.41) is 16.1. The first-order valence-electron chi connectivity index (χ1n) is 2.83. The Balaban J connectivity index is -0.0000000720. The summed E-state index contributed by atoms with van der Waals surface area (Å²) in [6.07, 6.45) is -0.333. The zero-order valence-electron chi connectivity index (χ0n) is 6.76. The first-order valence-corrected chi connectivity index (χ1v) is 2.83. The van der Waals surface area contributed by atoms with Crippen LogP contribution in [0.25, 0.3) is 0 Å². The largest absolute Gasteiger partial charge is 0.394 e. The van der Waals surface area contributed by atoms with Crippen LogP contribution in [0.1, 0.15) is 27.7 Å². The molecular formula is C6H16MgO2. The fourth-order valence-corrected chi connectivity index (χ4v) is 0. The molecule has 0 fully saturated rings. The first-order chi connectivity index (χ1) is 3.46. The van der Waals surface area contributed by atoms with Crippen LogP contribution < -0.4 is 0 Å². The lowest BCUT2D eigenvalue weighted by atomic mass is 10.5. The first kappa shape index (κ1) is 16.3. The van der Waals surface area contributed by atoms with Crippen LogP contribution in [-0.2, 0) is 0 Å². The lowest BCUT2D eigenvalue weighted by molar-refractivity contribution is 0.215. The van der Waals surface area contributed by atoms with E-state index < -0.39 is 0 Å². The van der Waals surface area contributed by atoms with Crippen molar-refractivity contribution in [3.05, 3.63) is 0 Å². The van der Waals surface area contributed by atoms with E-state index in [9.17, 15) is 0 Å². The van der Waals surface area contributed by atoms with Gasteiger partial charge in [0.1, 0.15) is 0 Å². The van der Waals surface area contributed by atoms with Gasteiger partial charge >= 0.3 is 0 Å². The van der Waals surface area contributed by atoms with Gasteiger partial charge in [0.05, 0.1) is 0 Å². The van der Waals surface area contributed by atoms with Gasteiger partial charge in [-0.2, -0.15) is 0 Å². The molecule has 0 amide bonds. The highest BCUT2D eigenvalue weighted by Gasteiger charge is 1.69. The normalized spacial score (nSPS) is 8.00. The number of hydrogen-bond donors (Lipinski definition) is 2. The standard InChI is InChI=1S/2C3H8O.Mg/c2*1-3(2)4;/h2*3-4H,1-2H3;. The summed E-state index contributed by atoms with van der Waals surface area (Å²) < 4.78 is 0. The highest BCUT2D eigenvalue weighted by molar-refractivity contribution is 5.75. The molecule has 9 heavy (non-hydrogen) atoms. The van der Waals surface area contributed by atoms with Crippen LogP contribution in [0.2, 0.25) is 0 Å². The zero-order valence-corrected chi connectivity index (χ0v) is 8.17. The molecule has 0 spiro atoms. The van der Waals surface area contributed by atoms with Crippen LogP contribution >= 0.6 is 0 Å². The molecule has 0 heterocycles. The molecule has 0 aliphatic rings. The van der Waals surface area contributed by atoms with Crippen LogP contribution in [0.3, 0.4) is 0 Å². The summed E-state index contributed by atoms with van der Waals surface area (Å²) in [6, 6.07) is 0. The second-order valence-corrected chi connectivity index (χ2v) is 2.19. The van der Waals surface area contributed by atoms with Crippen LogP contribution in [-0.4, -0.2) is 45.5 Å². The Hall–Kier alpha value is 0.686. The van der Waals surface area contributed by atoms with Crippen molar-refractivity contribution in [2.24, 2.45) is 0 Å². The summed E-state index contributed by atoms with van der Waals surface area (Å²) in [6.45, 7) is 6.89. The molecule has 2 N–H and O–H groups in total. The molecule has 0 bridgehead atoms. The van der Waals surface area contributed by atoms with Crippen LogP contribution in [0.5, 0.6) is 0 Å². The molecule has 54 valence electrons. The van der Waals surface area contributed by atoms with Crippen molar-refractivity contribution in [1.29, 1.82) is 0 Å². The molecular weight excluding hydrogens is 128 g/mol. The monoisotopic (exact) mass is 144 g/mol. The van der Waals surface area contributed by atoms with Gasteiger partial charge in [0, 0.05) is 35.3 Å². The van der Waals surface area contributed by atoms with Crippen molar-refractivity contribution in [3.63, 3.8) is 0 Å². The van der Waals surface area contributed by atoms with E-state index in [-0.39, 0.29) is 35.3 Å². The third kappa shape index (κ3) is 825. The molecule has 2 radical (unpaired) electrons. The van der Waals surface area contributed by atoms with Gasteiger partial charge in [-0.3, -0.25) is 0 Å². The number of aliphatic hydroxyl groups is 2. The molecule has 2 nitrogen and oxygen atoms in total. The second-order valence-electron chi connectivity index (χ2n) is 2.19. The molecule has 0 aromatic rings. The van der Waals surface area contributed by atoms with Crippen molar-refractivity contribution in [2.75, 3.05) is 0 Å². The molecule has 0 atom stereocenters. The SMILES string of the molecule is CC(C)O.CC(C)O.[Mg]. The van der Waals surface area contributed by atoms with Gasteiger partial charge < -0.3 is 10.2 Å². The fourth-order valence-electron chi connectivity index (χ4n) is 0. The quantitative estimate of drug-likeness (QED) is 0.483. The van der Waals surface area contributed by atoms with Crippen LogP contribution in [0.4, 0.5) is 0 Å². The average Bonchev–Trinajstić information content (AvgIpc) is 1.25. The van der Waals surface area contributed by atoms with Crippen molar-refractivity contribution >= 4 is 23.1 Å². The highest BCUT2D eigenvalue weighted by Crippen LogP contribution is 1.65. The van der Waals surface area contributed by atoms with E-state index >= 15 is 0 Å².